The maximum Gasteiger partial charge on any atom is -0.00201 e. The van der Waals surface area contributed by atoms with Crippen molar-refractivity contribution in [2.24, 2.45) is 0 Å². The Labute approximate surface area is 116 Å². The molecule has 2 aromatic carbocycles. The average molecular weight is 250 g/mol. The van der Waals surface area contributed by atoms with Gasteiger partial charge in [-0.1, -0.05) is 68.8 Å². The highest BCUT2D eigenvalue weighted by Gasteiger charge is 2.42. The molecule has 1 fully saturated rings. The van der Waals surface area contributed by atoms with Crippen molar-refractivity contribution in [3.63, 3.8) is 0 Å². The minimum Gasteiger partial charge on any atom is -0.0656 e. The zero-order valence-electron chi connectivity index (χ0n) is 11.9. The molecule has 2 atom stereocenters. The average Bonchev–Trinajstić information content (AvgIpc) is 3.20. The highest BCUT2D eigenvalue weighted by Crippen LogP contribution is 2.58. The van der Waals surface area contributed by atoms with Crippen LogP contribution in [0.4, 0.5) is 0 Å². The van der Waals surface area contributed by atoms with Crippen molar-refractivity contribution in [1.82, 2.24) is 0 Å². The van der Waals surface area contributed by atoms with Gasteiger partial charge in [-0.3, -0.25) is 0 Å². The number of rotatable bonds is 0. The molecule has 0 aromatic heterocycles. The third-order valence-corrected chi connectivity index (χ3v) is 4.08. The zero-order chi connectivity index (χ0) is 13.2. The van der Waals surface area contributed by atoms with Gasteiger partial charge in [-0.2, -0.15) is 0 Å². The van der Waals surface area contributed by atoms with Crippen LogP contribution in [0.2, 0.25) is 0 Å². The number of benzene rings is 2. The van der Waals surface area contributed by atoms with Crippen molar-refractivity contribution in [3.8, 4) is 0 Å². The molecule has 0 saturated heterocycles. The molecule has 19 heavy (non-hydrogen) atoms. The Morgan fingerprint density at radius 3 is 1.68 bits per heavy atom. The predicted molar refractivity (Wildman–Crippen MR) is 81.8 cm³/mol. The van der Waals surface area contributed by atoms with E-state index >= 15 is 0 Å². The Bertz CT molecular complexity index is 518. The fourth-order valence-corrected chi connectivity index (χ4v) is 3.20. The summed E-state index contributed by atoms with van der Waals surface area (Å²) in [7, 11) is 0. The fraction of sp³-hybridized carbons (Fsp3) is 0.368. The van der Waals surface area contributed by atoms with Gasteiger partial charge in [0.25, 0.3) is 0 Å². The highest BCUT2D eigenvalue weighted by molar-refractivity contribution is 5.49. The van der Waals surface area contributed by atoms with Crippen LogP contribution in [0.1, 0.15) is 60.8 Å². The molecule has 2 aliphatic rings. The van der Waals surface area contributed by atoms with Crippen LogP contribution in [0.5, 0.6) is 0 Å². The molecule has 4 rings (SSSR count). The first-order chi connectivity index (χ1) is 9.35. The minimum atomic E-state index is 0.805. The van der Waals surface area contributed by atoms with Gasteiger partial charge in [0.2, 0.25) is 0 Å². The molecular weight excluding hydrogens is 228 g/mol. The summed E-state index contributed by atoms with van der Waals surface area (Å²) in [6, 6.07) is 18.0. The Kier molecular flexibility index (Phi) is 3.42. The Balaban J connectivity index is 0.000000339. The maximum atomic E-state index is 2.33. The largest absolute Gasteiger partial charge is 0.0656 e. The summed E-state index contributed by atoms with van der Waals surface area (Å²) < 4.78 is 0. The van der Waals surface area contributed by atoms with Gasteiger partial charge in [-0.25, -0.2) is 0 Å². The van der Waals surface area contributed by atoms with Crippen molar-refractivity contribution >= 4 is 0 Å². The molecule has 2 aliphatic carbocycles. The van der Waals surface area contributed by atoms with E-state index in [1.165, 1.54) is 12.8 Å². The lowest BCUT2D eigenvalue weighted by Crippen LogP contribution is -1.93. The van der Waals surface area contributed by atoms with E-state index in [1.54, 1.807) is 22.3 Å². The summed E-state index contributed by atoms with van der Waals surface area (Å²) in [5, 5.41) is 0. The van der Waals surface area contributed by atoms with Gasteiger partial charge in [-0.05, 0) is 46.9 Å². The van der Waals surface area contributed by atoms with Crippen LogP contribution in [-0.2, 0) is 6.42 Å². The van der Waals surface area contributed by atoms with E-state index in [9.17, 15) is 0 Å². The molecule has 0 aliphatic heterocycles. The smallest absolute Gasteiger partial charge is 0.00201 e. The summed E-state index contributed by atoms with van der Waals surface area (Å²) in [6.45, 7) is 4.25. The van der Waals surface area contributed by atoms with Gasteiger partial charge in [0, 0.05) is 0 Å². The van der Waals surface area contributed by atoms with E-state index in [1.807, 2.05) is 0 Å². The molecule has 0 nitrogen and oxygen atoms in total. The second kappa shape index (κ2) is 5.21. The standard InChI is InChI=1S/C16H14.C3H8/c1-3-7-13-11(5-1)9-12-6-2-4-8-14(12)16-10-15(13)16;1-3-2/h1-8,15-16H,9-10H2;3H2,1-2H3. The molecule has 0 spiro atoms. The topological polar surface area (TPSA) is 0 Å². The van der Waals surface area contributed by atoms with Crippen LogP contribution in [0.3, 0.4) is 0 Å². The van der Waals surface area contributed by atoms with Crippen LogP contribution in [-0.4, -0.2) is 0 Å². The first-order valence-corrected chi connectivity index (χ1v) is 7.50. The molecule has 0 bridgehead atoms. The van der Waals surface area contributed by atoms with Crippen molar-refractivity contribution in [3.05, 3.63) is 70.8 Å². The van der Waals surface area contributed by atoms with Gasteiger partial charge in [0.05, 0.1) is 0 Å². The van der Waals surface area contributed by atoms with E-state index in [0.29, 0.717) is 0 Å². The third kappa shape index (κ3) is 2.32. The second-order valence-corrected chi connectivity index (χ2v) is 5.73. The summed E-state index contributed by atoms with van der Waals surface area (Å²) in [5.74, 6) is 1.61. The Morgan fingerprint density at radius 2 is 1.21 bits per heavy atom. The predicted octanol–water partition coefficient (Wildman–Crippen LogP) is 5.28. The monoisotopic (exact) mass is 250 g/mol. The van der Waals surface area contributed by atoms with Gasteiger partial charge in [0.15, 0.2) is 0 Å². The van der Waals surface area contributed by atoms with Crippen LogP contribution >= 0.6 is 0 Å². The molecule has 98 valence electrons. The summed E-state index contributed by atoms with van der Waals surface area (Å²) in [4.78, 5) is 0. The lowest BCUT2D eigenvalue weighted by Gasteiger charge is -2.07. The zero-order valence-corrected chi connectivity index (χ0v) is 11.9. The Hall–Kier alpha value is -1.56. The van der Waals surface area contributed by atoms with E-state index in [2.05, 4.69) is 62.4 Å². The lowest BCUT2D eigenvalue weighted by molar-refractivity contribution is 1.03. The summed E-state index contributed by atoms with van der Waals surface area (Å²) >= 11 is 0. The molecule has 0 heteroatoms. The van der Waals surface area contributed by atoms with Crippen LogP contribution < -0.4 is 0 Å². The lowest BCUT2D eigenvalue weighted by atomic mass is 9.98. The van der Waals surface area contributed by atoms with Gasteiger partial charge >= 0.3 is 0 Å². The minimum absolute atomic E-state index is 0.805. The third-order valence-electron chi connectivity index (χ3n) is 4.08. The number of hydrogen-bond acceptors (Lipinski definition) is 0. The molecule has 0 heterocycles. The van der Waals surface area contributed by atoms with Gasteiger partial charge in [-0.15, -0.1) is 0 Å². The summed E-state index contributed by atoms with van der Waals surface area (Å²) in [5.41, 5.74) is 6.28. The molecule has 1 saturated carbocycles. The summed E-state index contributed by atoms with van der Waals surface area (Å²) in [6.07, 6.45) is 3.73. The molecule has 2 unspecified atom stereocenters. The first kappa shape index (κ1) is 12.5. The molecule has 2 aromatic rings. The van der Waals surface area contributed by atoms with Crippen molar-refractivity contribution in [2.45, 2.75) is 44.9 Å². The molecule has 0 N–H and O–H groups in total. The second-order valence-electron chi connectivity index (χ2n) is 5.73. The van der Waals surface area contributed by atoms with Crippen molar-refractivity contribution in [2.75, 3.05) is 0 Å². The number of fused-ring (bicyclic) bond motifs is 5. The van der Waals surface area contributed by atoms with E-state index in [4.69, 9.17) is 0 Å². The van der Waals surface area contributed by atoms with Crippen molar-refractivity contribution < 1.29 is 0 Å². The normalized spacial score (nSPS) is 22.0. The van der Waals surface area contributed by atoms with E-state index < -0.39 is 0 Å². The van der Waals surface area contributed by atoms with Crippen LogP contribution in [0.25, 0.3) is 0 Å². The quantitative estimate of drug-likeness (QED) is 0.597. The Morgan fingerprint density at radius 1 is 0.789 bits per heavy atom. The van der Waals surface area contributed by atoms with Gasteiger partial charge in [0.1, 0.15) is 0 Å². The first-order valence-electron chi connectivity index (χ1n) is 7.50. The SMILES string of the molecule is CCC.c1ccc2c(c1)Cc1ccccc1C1CC21. The van der Waals surface area contributed by atoms with Crippen LogP contribution in [0, 0.1) is 0 Å². The number of hydrogen-bond donors (Lipinski definition) is 0. The molecular formula is C19H22. The molecule has 0 radical (unpaired) electrons. The van der Waals surface area contributed by atoms with E-state index in [0.717, 1.165) is 18.3 Å². The fourth-order valence-electron chi connectivity index (χ4n) is 3.20. The molecule has 0 amide bonds. The van der Waals surface area contributed by atoms with Gasteiger partial charge < -0.3 is 0 Å². The highest BCUT2D eigenvalue weighted by atomic mass is 14.5. The maximum absolute atomic E-state index is 2.33. The van der Waals surface area contributed by atoms with Crippen LogP contribution in [0.15, 0.2) is 48.5 Å². The van der Waals surface area contributed by atoms with E-state index in [-0.39, 0.29) is 0 Å². The van der Waals surface area contributed by atoms with Crippen molar-refractivity contribution in [1.29, 1.82) is 0 Å².